The number of rotatable bonds is 6. The fraction of sp³-hybridized carbons (Fsp3) is 0.533. The first-order valence-corrected chi connectivity index (χ1v) is 6.97. The van der Waals surface area contributed by atoms with Crippen LogP contribution in [0.1, 0.15) is 18.9 Å². The van der Waals surface area contributed by atoms with Crippen LogP contribution in [0.25, 0.3) is 0 Å². The van der Waals surface area contributed by atoms with E-state index in [0.717, 1.165) is 37.4 Å². The van der Waals surface area contributed by atoms with Gasteiger partial charge in [0.15, 0.2) is 0 Å². The Morgan fingerprint density at radius 1 is 1.40 bits per heavy atom. The smallest absolute Gasteiger partial charge is 0.224 e. The number of nitrogens with zero attached hydrogens (tertiary/aromatic N) is 1. The standard InChI is InChI=1S/C15H23N3O2/c1-15(14(17)19)6-7-18(11-15)8-9-20-13-4-2-12(10-16)3-5-13/h2-5H,6-11,16H2,1H3,(H2,17,19). The zero-order chi connectivity index (χ0) is 14.6. The summed E-state index contributed by atoms with van der Waals surface area (Å²) in [5.41, 5.74) is 11.7. The molecule has 1 unspecified atom stereocenters. The zero-order valence-electron chi connectivity index (χ0n) is 12.0. The van der Waals surface area contributed by atoms with E-state index in [-0.39, 0.29) is 11.3 Å². The maximum Gasteiger partial charge on any atom is 0.224 e. The van der Waals surface area contributed by atoms with Crippen molar-refractivity contribution in [1.82, 2.24) is 4.90 Å². The van der Waals surface area contributed by atoms with Gasteiger partial charge in [-0.2, -0.15) is 0 Å². The lowest BCUT2D eigenvalue weighted by atomic mass is 9.89. The Bertz CT molecular complexity index is 461. The van der Waals surface area contributed by atoms with Crippen molar-refractivity contribution in [3.8, 4) is 5.75 Å². The Labute approximate surface area is 119 Å². The Morgan fingerprint density at radius 3 is 2.65 bits per heavy atom. The van der Waals surface area contributed by atoms with Crippen molar-refractivity contribution in [2.45, 2.75) is 19.9 Å². The number of likely N-dealkylation sites (tertiary alicyclic amines) is 1. The molecule has 1 atom stereocenters. The quantitative estimate of drug-likeness (QED) is 0.803. The Kier molecular flexibility index (Phi) is 4.62. The van der Waals surface area contributed by atoms with Gasteiger partial charge in [-0.05, 0) is 37.6 Å². The van der Waals surface area contributed by atoms with Crippen LogP contribution < -0.4 is 16.2 Å². The number of hydrogen-bond donors (Lipinski definition) is 2. The third-order valence-electron chi connectivity index (χ3n) is 3.98. The largest absolute Gasteiger partial charge is 0.492 e. The Hall–Kier alpha value is -1.59. The molecule has 110 valence electrons. The molecule has 1 aliphatic heterocycles. The molecule has 5 nitrogen and oxygen atoms in total. The maximum absolute atomic E-state index is 11.4. The molecule has 4 N–H and O–H groups in total. The third kappa shape index (κ3) is 3.49. The maximum atomic E-state index is 11.4. The predicted molar refractivity (Wildman–Crippen MR) is 78.2 cm³/mol. The van der Waals surface area contributed by atoms with Gasteiger partial charge in [-0.25, -0.2) is 0 Å². The Balaban J connectivity index is 1.75. The fourth-order valence-corrected chi connectivity index (χ4v) is 2.46. The molecule has 1 fully saturated rings. The van der Waals surface area contributed by atoms with Gasteiger partial charge in [-0.1, -0.05) is 12.1 Å². The molecule has 20 heavy (non-hydrogen) atoms. The summed E-state index contributed by atoms with van der Waals surface area (Å²) in [5, 5.41) is 0. The molecule has 0 aromatic heterocycles. The average molecular weight is 277 g/mol. The number of amides is 1. The fourth-order valence-electron chi connectivity index (χ4n) is 2.46. The molecule has 5 heteroatoms. The van der Waals surface area contributed by atoms with Crippen LogP contribution >= 0.6 is 0 Å². The molecule has 2 rings (SSSR count). The van der Waals surface area contributed by atoms with Crippen LogP contribution in [0.3, 0.4) is 0 Å². The van der Waals surface area contributed by atoms with E-state index in [9.17, 15) is 4.79 Å². The Morgan fingerprint density at radius 2 is 2.10 bits per heavy atom. The monoisotopic (exact) mass is 277 g/mol. The van der Waals surface area contributed by atoms with Crippen molar-refractivity contribution < 1.29 is 9.53 Å². The van der Waals surface area contributed by atoms with Gasteiger partial charge in [-0.3, -0.25) is 9.69 Å². The van der Waals surface area contributed by atoms with E-state index < -0.39 is 0 Å². The van der Waals surface area contributed by atoms with Crippen molar-refractivity contribution in [2.24, 2.45) is 16.9 Å². The van der Waals surface area contributed by atoms with Crippen molar-refractivity contribution in [2.75, 3.05) is 26.2 Å². The van der Waals surface area contributed by atoms with E-state index in [1.165, 1.54) is 0 Å². The highest BCUT2D eigenvalue weighted by molar-refractivity contribution is 5.81. The van der Waals surface area contributed by atoms with Gasteiger partial charge in [0.25, 0.3) is 0 Å². The summed E-state index contributed by atoms with van der Waals surface area (Å²) < 4.78 is 5.70. The van der Waals surface area contributed by atoms with Gasteiger partial charge in [-0.15, -0.1) is 0 Å². The van der Waals surface area contributed by atoms with Gasteiger partial charge in [0.2, 0.25) is 5.91 Å². The van der Waals surface area contributed by atoms with E-state index in [0.29, 0.717) is 13.2 Å². The van der Waals surface area contributed by atoms with Gasteiger partial charge >= 0.3 is 0 Å². The minimum absolute atomic E-state index is 0.210. The topological polar surface area (TPSA) is 81.6 Å². The summed E-state index contributed by atoms with van der Waals surface area (Å²) in [6.07, 6.45) is 0.827. The van der Waals surface area contributed by atoms with Gasteiger partial charge in [0, 0.05) is 19.6 Å². The average Bonchev–Trinajstić information content (AvgIpc) is 2.83. The van der Waals surface area contributed by atoms with Crippen molar-refractivity contribution in [1.29, 1.82) is 0 Å². The molecule has 0 bridgehead atoms. The lowest BCUT2D eigenvalue weighted by Crippen LogP contribution is -2.37. The van der Waals surface area contributed by atoms with Crippen molar-refractivity contribution in [3.63, 3.8) is 0 Å². The number of carbonyl (C=O) groups is 1. The zero-order valence-corrected chi connectivity index (χ0v) is 12.0. The normalized spacial score (nSPS) is 22.9. The van der Waals surface area contributed by atoms with Crippen LogP contribution in [0.2, 0.25) is 0 Å². The number of ether oxygens (including phenoxy) is 1. The summed E-state index contributed by atoms with van der Waals surface area (Å²) in [4.78, 5) is 13.6. The van der Waals surface area contributed by atoms with E-state index >= 15 is 0 Å². The molecular formula is C15H23N3O2. The van der Waals surface area contributed by atoms with Crippen LogP contribution in [0, 0.1) is 5.41 Å². The number of carbonyl (C=O) groups excluding carboxylic acids is 1. The summed E-state index contributed by atoms with van der Waals surface area (Å²) >= 11 is 0. The second-order valence-corrected chi connectivity index (χ2v) is 5.65. The lowest BCUT2D eigenvalue weighted by molar-refractivity contribution is -0.126. The van der Waals surface area contributed by atoms with Crippen molar-refractivity contribution in [3.05, 3.63) is 29.8 Å². The number of nitrogens with two attached hydrogens (primary N) is 2. The number of hydrogen-bond acceptors (Lipinski definition) is 4. The van der Waals surface area contributed by atoms with Crippen LogP contribution in [-0.2, 0) is 11.3 Å². The van der Waals surface area contributed by atoms with Gasteiger partial charge in [0.05, 0.1) is 5.41 Å². The molecular weight excluding hydrogens is 254 g/mol. The first-order valence-electron chi connectivity index (χ1n) is 6.97. The van der Waals surface area contributed by atoms with E-state index in [1.807, 2.05) is 31.2 Å². The molecule has 0 aliphatic carbocycles. The minimum Gasteiger partial charge on any atom is -0.492 e. The van der Waals surface area contributed by atoms with E-state index in [4.69, 9.17) is 16.2 Å². The SMILES string of the molecule is CC1(C(N)=O)CCN(CCOc2ccc(CN)cc2)C1. The molecule has 1 heterocycles. The number of primary amides is 1. The molecule has 1 amide bonds. The third-order valence-corrected chi connectivity index (χ3v) is 3.98. The second kappa shape index (κ2) is 6.24. The molecule has 0 spiro atoms. The summed E-state index contributed by atoms with van der Waals surface area (Å²) in [7, 11) is 0. The van der Waals surface area contributed by atoms with Crippen LogP contribution in [0.15, 0.2) is 24.3 Å². The summed E-state index contributed by atoms with van der Waals surface area (Å²) in [6, 6.07) is 7.80. The van der Waals surface area contributed by atoms with E-state index in [1.54, 1.807) is 0 Å². The highest BCUT2D eigenvalue weighted by Gasteiger charge is 2.38. The molecule has 1 aromatic carbocycles. The molecule has 1 aliphatic rings. The van der Waals surface area contributed by atoms with E-state index in [2.05, 4.69) is 4.90 Å². The van der Waals surface area contributed by atoms with Crippen LogP contribution in [-0.4, -0.2) is 37.0 Å². The highest BCUT2D eigenvalue weighted by atomic mass is 16.5. The first-order chi connectivity index (χ1) is 9.53. The van der Waals surface area contributed by atoms with Crippen LogP contribution in [0.5, 0.6) is 5.75 Å². The molecule has 1 aromatic rings. The second-order valence-electron chi connectivity index (χ2n) is 5.65. The molecule has 1 saturated heterocycles. The van der Waals surface area contributed by atoms with Gasteiger partial charge < -0.3 is 16.2 Å². The predicted octanol–water partition coefficient (Wildman–Crippen LogP) is 0.721. The van der Waals surface area contributed by atoms with Crippen molar-refractivity contribution >= 4 is 5.91 Å². The molecule has 0 saturated carbocycles. The molecule has 0 radical (unpaired) electrons. The first kappa shape index (κ1) is 14.8. The summed E-state index contributed by atoms with van der Waals surface area (Å²) in [6.45, 7) is 5.51. The van der Waals surface area contributed by atoms with Crippen LogP contribution in [0.4, 0.5) is 0 Å². The van der Waals surface area contributed by atoms with Gasteiger partial charge in [0.1, 0.15) is 12.4 Å². The highest BCUT2D eigenvalue weighted by Crippen LogP contribution is 2.29. The minimum atomic E-state index is -0.386. The summed E-state index contributed by atoms with van der Waals surface area (Å²) in [5.74, 6) is 0.636. The lowest BCUT2D eigenvalue weighted by Gasteiger charge is -2.21. The number of benzene rings is 1.